The highest BCUT2D eigenvalue weighted by molar-refractivity contribution is 8.04. The summed E-state index contributed by atoms with van der Waals surface area (Å²) in [5.41, 5.74) is 5.87. The fourth-order valence-electron chi connectivity index (χ4n) is 2.26. The molecule has 0 aliphatic carbocycles. The van der Waals surface area contributed by atoms with Gasteiger partial charge >= 0.3 is 5.97 Å². The Hall–Kier alpha value is -1.05. The minimum absolute atomic E-state index is 0.0127. The Balaban J connectivity index is 2.33. The van der Waals surface area contributed by atoms with Crippen molar-refractivity contribution >= 4 is 23.6 Å². The molecule has 0 saturated carbocycles. The molecule has 0 aromatic rings. The zero-order chi connectivity index (χ0) is 13.6. The molecule has 2 heterocycles. The molecule has 2 rings (SSSR count). The second-order valence-electron chi connectivity index (χ2n) is 4.52. The zero-order valence-electron chi connectivity index (χ0n) is 10.2. The van der Waals surface area contributed by atoms with Crippen LogP contribution in [0.3, 0.4) is 0 Å². The van der Waals surface area contributed by atoms with Gasteiger partial charge in [0.15, 0.2) is 0 Å². The molecule has 18 heavy (non-hydrogen) atoms. The number of hydrogen-bond donors (Lipinski definition) is 3. The molecule has 0 aromatic carbocycles. The van der Waals surface area contributed by atoms with Crippen molar-refractivity contribution in [2.24, 2.45) is 11.7 Å². The van der Waals surface area contributed by atoms with E-state index in [1.54, 1.807) is 6.92 Å². The van der Waals surface area contributed by atoms with E-state index in [2.05, 4.69) is 0 Å². The van der Waals surface area contributed by atoms with Crippen LogP contribution in [0.1, 0.15) is 20.3 Å². The minimum Gasteiger partial charge on any atom is -0.477 e. The van der Waals surface area contributed by atoms with Gasteiger partial charge in [0.1, 0.15) is 11.1 Å². The fourth-order valence-corrected chi connectivity index (χ4v) is 3.96. The van der Waals surface area contributed by atoms with Gasteiger partial charge in [0.25, 0.3) is 0 Å². The van der Waals surface area contributed by atoms with Crippen LogP contribution < -0.4 is 5.73 Å². The Morgan fingerprint density at radius 1 is 1.61 bits per heavy atom. The van der Waals surface area contributed by atoms with Gasteiger partial charge in [0, 0.05) is 10.9 Å². The second kappa shape index (κ2) is 4.56. The van der Waals surface area contributed by atoms with Crippen molar-refractivity contribution in [3.05, 3.63) is 10.6 Å². The van der Waals surface area contributed by atoms with Crippen molar-refractivity contribution in [3.63, 3.8) is 0 Å². The summed E-state index contributed by atoms with van der Waals surface area (Å²) in [7, 11) is 0. The molecule has 6 nitrogen and oxygen atoms in total. The molecule has 1 unspecified atom stereocenters. The molecule has 4 N–H and O–H groups in total. The third-order valence-corrected chi connectivity index (χ3v) is 4.80. The van der Waals surface area contributed by atoms with E-state index < -0.39 is 18.0 Å². The molecular weight excluding hydrogens is 256 g/mol. The first kappa shape index (κ1) is 13.4. The van der Waals surface area contributed by atoms with Crippen molar-refractivity contribution in [2.45, 2.75) is 37.8 Å². The summed E-state index contributed by atoms with van der Waals surface area (Å²) >= 11 is 1.29. The number of aliphatic carboxylic acids is 1. The maximum atomic E-state index is 11.9. The van der Waals surface area contributed by atoms with Crippen LogP contribution in [0.2, 0.25) is 0 Å². The van der Waals surface area contributed by atoms with Crippen LogP contribution in [0.4, 0.5) is 0 Å². The van der Waals surface area contributed by atoms with Crippen molar-refractivity contribution < 1.29 is 19.8 Å². The molecule has 1 amide bonds. The standard InChI is InChI=1S/C11H16N2O4S/c1-3-5(12)8-7(11(16)17)13-9(15)6(4(2)14)10(13)18-8/h4-6,10,14H,3,12H2,1-2H3,(H,16,17)/t4?,5-,6+,10-/m1/s1. The smallest absolute Gasteiger partial charge is 0.353 e. The summed E-state index contributed by atoms with van der Waals surface area (Å²) in [6, 6.07) is -0.380. The number of thioether (sulfide) groups is 1. The summed E-state index contributed by atoms with van der Waals surface area (Å²) in [4.78, 5) is 24.9. The first-order valence-corrected chi connectivity index (χ1v) is 6.69. The molecule has 0 spiro atoms. The van der Waals surface area contributed by atoms with Crippen LogP contribution in [0.25, 0.3) is 0 Å². The van der Waals surface area contributed by atoms with E-state index in [1.165, 1.54) is 16.7 Å². The molecule has 2 aliphatic heterocycles. The Labute approximate surface area is 109 Å². The molecule has 100 valence electrons. The topological polar surface area (TPSA) is 104 Å². The van der Waals surface area contributed by atoms with Crippen LogP contribution in [0, 0.1) is 5.92 Å². The van der Waals surface area contributed by atoms with Crippen molar-refractivity contribution in [2.75, 3.05) is 0 Å². The van der Waals surface area contributed by atoms with E-state index in [4.69, 9.17) is 5.73 Å². The lowest BCUT2D eigenvalue weighted by Gasteiger charge is -2.43. The number of carbonyl (C=O) groups excluding carboxylic acids is 1. The summed E-state index contributed by atoms with van der Waals surface area (Å²) in [5.74, 6) is -2.01. The summed E-state index contributed by atoms with van der Waals surface area (Å²) in [6.07, 6.45) is -0.175. The molecule has 1 fully saturated rings. The number of β-lactam (4-membered cyclic amide) rings is 1. The normalized spacial score (nSPS) is 30.0. The molecule has 7 heteroatoms. The first-order valence-electron chi connectivity index (χ1n) is 5.81. The number of nitrogens with two attached hydrogens (primary N) is 1. The van der Waals surface area contributed by atoms with Crippen LogP contribution in [0.15, 0.2) is 10.6 Å². The van der Waals surface area contributed by atoms with E-state index in [1.807, 2.05) is 6.92 Å². The van der Waals surface area contributed by atoms with Gasteiger partial charge in [-0.15, -0.1) is 0 Å². The predicted molar refractivity (Wildman–Crippen MR) is 66.3 cm³/mol. The number of amides is 1. The number of carboxylic acid groups (broad SMARTS) is 1. The third-order valence-electron chi connectivity index (χ3n) is 3.31. The zero-order valence-corrected chi connectivity index (χ0v) is 11.0. The number of carbonyl (C=O) groups is 2. The minimum atomic E-state index is -1.14. The maximum absolute atomic E-state index is 11.9. The molecule has 2 aliphatic rings. The van der Waals surface area contributed by atoms with Gasteiger partial charge in [-0.1, -0.05) is 18.7 Å². The number of hydrogen-bond acceptors (Lipinski definition) is 5. The quantitative estimate of drug-likeness (QED) is 0.619. The van der Waals surface area contributed by atoms with Crippen molar-refractivity contribution in [3.8, 4) is 0 Å². The lowest BCUT2D eigenvalue weighted by atomic mass is 9.92. The van der Waals surface area contributed by atoms with Gasteiger partial charge < -0.3 is 15.9 Å². The van der Waals surface area contributed by atoms with E-state index in [9.17, 15) is 19.8 Å². The van der Waals surface area contributed by atoms with Gasteiger partial charge in [-0.05, 0) is 13.3 Å². The average molecular weight is 272 g/mol. The van der Waals surface area contributed by atoms with E-state index in [0.29, 0.717) is 11.3 Å². The number of rotatable bonds is 4. The van der Waals surface area contributed by atoms with Gasteiger partial charge in [0.05, 0.1) is 12.0 Å². The lowest BCUT2D eigenvalue weighted by Crippen LogP contribution is -2.60. The number of nitrogens with zero attached hydrogens (tertiary/aromatic N) is 1. The van der Waals surface area contributed by atoms with Gasteiger partial charge in [-0.3, -0.25) is 9.69 Å². The number of aliphatic hydroxyl groups is 1. The van der Waals surface area contributed by atoms with E-state index in [-0.39, 0.29) is 23.0 Å². The monoisotopic (exact) mass is 272 g/mol. The predicted octanol–water partition coefficient (Wildman–Crippen LogP) is -0.0680. The van der Waals surface area contributed by atoms with Gasteiger partial charge in [0.2, 0.25) is 5.91 Å². The highest BCUT2D eigenvalue weighted by atomic mass is 32.2. The van der Waals surface area contributed by atoms with Crippen molar-refractivity contribution in [1.82, 2.24) is 4.90 Å². The first-order chi connectivity index (χ1) is 8.40. The Bertz CT molecular complexity index is 435. The summed E-state index contributed by atoms with van der Waals surface area (Å²) < 4.78 is 0. The second-order valence-corrected chi connectivity index (χ2v) is 5.67. The van der Waals surface area contributed by atoms with Crippen LogP contribution >= 0.6 is 11.8 Å². The SMILES string of the molecule is CC[C@@H](N)C1=C(C(=O)O)N2C(=O)[C@H](C(C)O)[C@H]2S1. The number of aliphatic hydroxyl groups excluding tert-OH is 1. The Kier molecular flexibility index (Phi) is 3.39. The fraction of sp³-hybridized carbons (Fsp3) is 0.636. The van der Waals surface area contributed by atoms with E-state index in [0.717, 1.165) is 0 Å². The summed E-state index contributed by atoms with van der Waals surface area (Å²) in [5, 5.41) is 18.4. The average Bonchev–Trinajstić information content (AvgIpc) is 2.62. The molecule has 0 bridgehead atoms. The Morgan fingerprint density at radius 2 is 2.22 bits per heavy atom. The highest BCUT2D eigenvalue weighted by Crippen LogP contribution is 2.51. The molecule has 0 aromatic heterocycles. The molecule has 4 atom stereocenters. The Morgan fingerprint density at radius 3 is 2.67 bits per heavy atom. The highest BCUT2D eigenvalue weighted by Gasteiger charge is 2.57. The third kappa shape index (κ3) is 1.73. The van der Waals surface area contributed by atoms with Crippen molar-refractivity contribution in [1.29, 1.82) is 0 Å². The van der Waals surface area contributed by atoms with Crippen LogP contribution in [-0.2, 0) is 9.59 Å². The van der Waals surface area contributed by atoms with Crippen LogP contribution in [0.5, 0.6) is 0 Å². The maximum Gasteiger partial charge on any atom is 0.353 e. The van der Waals surface area contributed by atoms with Gasteiger partial charge in [-0.25, -0.2) is 4.79 Å². The molecule has 0 radical (unpaired) electrons. The van der Waals surface area contributed by atoms with Crippen LogP contribution in [-0.4, -0.2) is 44.5 Å². The number of fused-ring (bicyclic) bond motifs is 1. The van der Waals surface area contributed by atoms with Gasteiger partial charge in [-0.2, -0.15) is 0 Å². The van der Waals surface area contributed by atoms with E-state index >= 15 is 0 Å². The summed E-state index contributed by atoms with van der Waals surface area (Å²) in [6.45, 7) is 3.40. The lowest BCUT2D eigenvalue weighted by molar-refractivity contribution is -0.156. The molecular formula is C11H16N2O4S. The number of carboxylic acids is 1. The largest absolute Gasteiger partial charge is 0.477 e. The molecule has 1 saturated heterocycles.